The van der Waals surface area contributed by atoms with E-state index in [-0.39, 0.29) is 0 Å². The van der Waals surface area contributed by atoms with Gasteiger partial charge in [0.25, 0.3) is 0 Å². The maximum absolute atomic E-state index is 3.82. The molecule has 0 N–H and O–H groups in total. The van der Waals surface area contributed by atoms with Crippen molar-refractivity contribution in [2.24, 2.45) is 11.8 Å². The molecule has 0 nitrogen and oxygen atoms in total. The zero-order valence-electron chi connectivity index (χ0n) is 7.65. The number of benzene rings is 1. The van der Waals surface area contributed by atoms with E-state index in [9.17, 15) is 0 Å². The summed E-state index contributed by atoms with van der Waals surface area (Å²) in [5.74, 6) is 2.94. The molecule has 1 aliphatic carbocycles. The van der Waals surface area contributed by atoms with Crippen LogP contribution < -0.4 is 0 Å². The summed E-state index contributed by atoms with van der Waals surface area (Å²) in [5.41, 5.74) is 0. The minimum atomic E-state index is 0.802. The molecule has 2 unspecified atom stereocenters. The summed E-state index contributed by atoms with van der Waals surface area (Å²) < 4.78 is 0. The van der Waals surface area contributed by atoms with Crippen LogP contribution in [0.25, 0.3) is 0 Å². The summed E-state index contributed by atoms with van der Waals surface area (Å²) in [7, 11) is 0. The van der Waals surface area contributed by atoms with E-state index in [0.717, 1.165) is 11.8 Å². The maximum atomic E-state index is 3.82. The Kier molecular flexibility index (Phi) is 2.74. The van der Waals surface area contributed by atoms with Crippen molar-refractivity contribution in [1.29, 1.82) is 0 Å². The van der Waals surface area contributed by atoms with E-state index in [1.807, 2.05) is 11.8 Å². The lowest BCUT2D eigenvalue weighted by molar-refractivity contribution is 0.915. The summed E-state index contributed by atoms with van der Waals surface area (Å²) in [4.78, 5) is 1.39. The van der Waals surface area contributed by atoms with Crippen molar-refractivity contribution in [2.75, 3.05) is 5.75 Å². The second-order valence-electron chi connectivity index (χ2n) is 3.52. The van der Waals surface area contributed by atoms with Gasteiger partial charge < -0.3 is 0 Å². The van der Waals surface area contributed by atoms with E-state index >= 15 is 0 Å². The fourth-order valence-electron chi connectivity index (χ4n) is 1.47. The van der Waals surface area contributed by atoms with E-state index in [0.29, 0.717) is 0 Å². The van der Waals surface area contributed by atoms with Gasteiger partial charge in [-0.1, -0.05) is 24.3 Å². The molecule has 0 bridgehead atoms. The Morgan fingerprint density at radius 1 is 1.38 bits per heavy atom. The maximum Gasteiger partial charge on any atom is 0.00720 e. The number of hydrogen-bond donors (Lipinski definition) is 0. The number of hydrogen-bond acceptors (Lipinski definition) is 1. The quantitative estimate of drug-likeness (QED) is 0.516. The van der Waals surface area contributed by atoms with Gasteiger partial charge in [-0.05, 0) is 30.4 Å². The van der Waals surface area contributed by atoms with Gasteiger partial charge in [-0.15, -0.1) is 18.3 Å². The van der Waals surface area contributed by atoms with Crippen molar-refractivity contribution in [3.63, 3.8) is 0 Å². The summed E-state index contributed by atoms with van der Waals surface area (Å²) in [5, 5.41) is 0. The lowest BCUT2D eigenvalue weighted by atomic mass is 10.3. The molecular weight excluding hydrogens is 176 g/mol. The van der Waals surface area contributed by atoms with Crippen LogP contribution in [0.3, 0.4) is 0 Å². The van der Waals surface area contributed by atoms with Crippen LogP contribution in [-0.2, 0) is 0 Å². The Bertz CT molecular complexity index is 278. The van der Waals surface area contributed by atoms with Crippen molar-refractivity contribution in [3.05, 3.63) is 43.0 Å². The molecule has 1 heteroatoms. The molecule has 0 amide bonds. The summed E-state index contributed by atoms with van der Waals surface area (Å²) in [6, 6.07) is 10.6. The lowest BCUT2D eigenvalue weighted by Crippen LogP contribution is -1.83. The smallest absolute Gasteiger partial charge is 0.00720 e. The fourth-order valence-corrected chi connectivity index (χ4v) is 2.61. The zero-order valence-corrected chi connectivity index (χ0v) is 8.46. The Morgan fingerprint density at radius 2 is 2.15 bits per heavy atom. The Hall–Kier alpha value is -0.690. The molecule has 1 aliphatic rings. The zero-order chi connectivity index (χ0) is 9.10. The topological polar surface area (TPSA) is 0 Å². The third kappa shape index (κ3) is 2.38. The Morgan fingerprint density at radius 3 is 2.77 bits per heavy atom. The predicted molar refractivity (Wildman–Crippen MR) is 59.0 cm³/mol. The van der Waals surface area contributed by atoms with Gasteiger partial charge in [0.2, 0.25) is 0 Å². The first-order chi connectivity index (χ1) is 6.40. The van der Waals surface area contributed by atoms with Gasteiger partial charge in [0.05, 0.1) is 0 Å². The first-order valence-corrected chi connectivity index (χ1v) is 5.69. The molecule has 0 aliphatic heterocycles. The van der Waals surface area contributed by atoms with Crippen molar-refractivity contribution in [2.45, 2.75) is 11.3 Å². The highest BCUT2D eigenvalue weighted by molar-refractivity contribution is 7.99. The first kappa shape index (κ1) is 8.89. The molecule has 2 atom stereocenters. The highest BCUT2D eigenvalue weighted by Crippen LogP contribution is 2.42. The van der Waals surface area contributed by atoms with Crippen LogP contribution >= 0.6 is 11.8 Å². The largest absolute Gasteiger partial charge is 0.126 e. The van der Waals surface area contributed by atoms with Crippen LogP contribution in [-0.4, -0.2) is 5.75 Å². The van der Waals surface area contributed by atoms with Gasteiger partial charge in [-0.3, -0.25) is 0 Å². The Balaban J connectivity index is 1.78. The molecule has 0 aromatic heterocycles. The standard InChI is InChI=1S/C12H14S/c1-2-10-8-11(10)9-13-12-6-4-3-5-7-12/h2-7,10-11H,1,8-9H2. The highest BCUT2D eigenvalue weighted by Gasteiger charge is 2.33. The number of rotatable bonds is 4. The van der Waals surface area contributed by atoms with Gasteiger partial charge in [0.15, 0.2) is 0 Å². The van der Waals surface area contributed by atoms with E-state index in [4.69, 9.17) is 0 Å². The van der Waals surface area contributed by atoms with Gasteiger partial charge in [-0.25, -0.2) is 0 Å². The van der Waals surface area contributed by atoms with Crippen molar-refractivity contribution in [3.8, 4) is 0 Å². The van der Waals surface area contributed by atoms with Crippen LogP contribution in [0.4, 0.5) is 0 Å². The monoisotopic (exact) mass is 190 g/mol. The second-order valence-corrected chi connectivity index (χ2v) is 4.61. The molecule has 13 heavy (non-hydrogen) atoms. The molecule has 0 radical (unpaired) electrons. The summed E-state index contributed by atoms with van der Waals surface area (Å²) in [6.45, 7) is 3.82. The number of allylic oxidation sites excluding steroid dienone is 1. The van der Waals surface area contributed by atoms with Crippen molar-refractivity contribution in [1.82, 2.24) is 0 Å². The summed E-state index contributed by atoms with van der Waals surface area (Å²) in [6.07, 6.45) is 3.44. The van der Waals surface area contributed by atoms with E-state index in [1.165, 1.54) is 17.1 Å². The molecule has 68 valence electrons. The molecular formula is C12H14S. The van der Waals surface area contributed by atoms with Crippen LogP contribution in [0.2, 0.25) is 0 Å². The van der Waals surface area contributed by atoms with Gasteiger partial charge in [-0.2, -0.15) is 0 Å². The highest BCUT2D eigenvalue weighted by atomic mass is 32.2. The third-order valence-corrected chi connectivity index (χ3v) is 3.69. The summed E-state index contributed by atoms with van der Waals surface area (Å²) >= 11 is 1.96. The van der Waals surface area contributed by atoms with Crippen LogP contribution in [0, 0.1) is 11.8 Å². The van der Waals surface area contributed by atoms with Crippen LogP contribution in [0.15, 0.2) is 47.9 Å². The predicted octanol–water partition coefficient (Wildman–Crippen LogP) is 3.60. The minimum absolute atomic E-state index is 0.802. The Labute approximate surface area is 84.0 Å². The molecule has 0 saturated heterocycles. The molecule has 1 aromatic rings. The molecule has 1 saturated carbocycles. The average Bonchev–Trinajstić information content (AvgIpc) is 2.95. The SMILES string of the molecule is C=CC1CC1CSc1ccccc1. The average molecular weight is 190 g/mol. The molecule has 2 rings (SSSR count). The van der Waals surface area contributed by atoms with E-state index in [1.54, 1.807) is 0 Å². The normalized spacial score (nSPS) is 25.5. The molecule has 1 fully saturated rings. The van der Waals surface area contributed by atoms with Crippen molar-refractivity contribution >= 4 is 11.8 Å². The van der Waals surface area contributed by atoms with Crippen LogP contribution in [0.5, 0.6) is 0 Å². The second kappa shape index (κ2) is 4.01. The molecule has 0 heterocycles. The number of thioether (sulfide) groups is 1. The first-order valence-electron chi connectivity index (χ1n) is 4.70. The molecule has 1 aromatic carbocycles. The third-order valence-electron chi connectivity index (χ3n) is 2.49. The van der Waals surface area contributed by atoms with Gasteiger partial charge >= 0.3 is 0 Å². The van der Waals surface area contributed by atoms with Gasteiger partial charge in [0.1, 0.15) is 0 Å². The molecule has 0 spiro atoms. The van der Waals surface area contributed by atoms with E-state index < -0.39 is 0 Å². The minimum Gasteiger partial charge on any atom is -0.126 e. The van der Waals surface area contributed by atoms with Crippen molar-refractivity contribution < 1.29 is 0 Å². The van der Waals surface area contributed by atoms with E-state index in [2.05, 4.69) is 43.0 Å². The van der Waals surface area contributed by atoms with Gasteiger partial charge in [0, 0.05) is 10.6 Å². The fraction of sp³-hybridized carbons (Fsp3) is 0.333. The lowest BCUT2D eigenvalue weighted by Gasteiger charge is -1.98. The van der Waals surface area contributed by atoms with Crippen LogP contribution in [0.1, 0.15) is 6.42 Å².